The first-order valence-corrected chi connectivity index (χ1v) is 5.35. The molecule has 3 atom stereocenters. The Labute approximate surface area is 83.1 Å². The zero-order chi connectivity index (χ0) is 9.54. The second-order valence-electron chi connectivity index (χ2n) is 4.45. The summed E-state index contributed by atoms with van der Waals surface area (Å²) in [6, 6.07) is 0.707. The first kappa shape index (κ1) is 8.41. The van der Waals surface area contributed by atoms with Crippen molar-refractivity contribution in [2.24, 2.45) is 11.8 Å². The smallest absolute Gasteiger partial charge is 0.223 e. The fraction of sp³-hybridized carbons (Fsp3) is 0.800. The molecule has 1 aromatic rings. The van der Waals surface area contributed by atoms with Gasteiger partial charge in [0.05, 0.1) is 6.54 Å². The number of rotatable bonds is 3. The quantitative estimate of drug-likeness (QED) is 0.785. The van der Waals surface area contributed by atoms with E-state index >= 15 is 0 Å². The lowest BCUT2D eigenvalue weighted by molar-refractivity contribution is 0.381. The number of hydrogen-bond acceptors (Lipinski definition) is 4. The number of hydrogen-bond donors (Lipinski definition) is 1. The van der Waals surface area contributed by atoms with E-state index in [0.29, 0.717) is 11.9 Å². The van der Waals surface area contributed by atoms with Gasteiger partial charge in [0.15, 0.2) is 5.82 Å². The molecule has 1 heterocycles. The summed E-state index contributed by atoms with van der Waals surface area (Å²) in [5.41, 5.74) is 0. The molecule has 0 amide bonds. The van der Waals surface area contributed by atoms with Gasteiger partial charge in [-0.05, 0) is 31.1 Å². The first-order chi connectivity index (χ1) is 6.83. The lowest BCUT2D eigenvalue weighted by Gasteiger charge is -2.11. The summed E-state index contributed by atoms with van der Waals surface area (Å²) in [6.07, 6.45) is 4.17. The highest BCUT2D eigenvalue weighted by atomic mass is 16.5. The van der Waals surface area contributed by atoms with Gasteiger partial charge in [-0.15, -0.1) is 0 Å². The molecule has 2 saturated carbocycles. The highest BCUT2D eigenvalue weighted by molar-refractivity contribution is 5.01. The zero-order valence-electron chi connectivity index (χ0n) is 8.36. The van der Waals surface area contributed by atoms with Crippen molar-refractivity contribution in [3.63, 3.8) is 0 Å². The Morgan fingerprint density at radius 2 is 2.43 bits per heavy atom. The predicted molar refractivity (Wildman–Crippen MR) is 50.5 cm³/mol. The molecule has 76 valence electrons. The zero-order valence-corrected chi connectivity index (χ0v) is 8.36. The number of fused-ring (bicyclic) bond motifs is 1. The molecular formula is C10H15N3O. The lowest BCUT2D eigenvalue weighted by Crippen LogP contribution is -2.28. The van der Waals surface area contributed by atoms with Crippen molar-refractivity contribution < 1.29 is 4.52 Å². The van der Waals surface area contributed by atoms with Crippen LogP contribution in [0.2, 0.25) is 0 Å². The van der Waals surface area contributed by atoms with E-state index in [-0.39, 0.29) is 0 Å². The molecule has 1 N–H and O–H groups in total. The molecule has 0 radical (unpaired) electrons. The fourth-order valence-electron chi connectivity index (χ4n) is 2.59. The number of aromatic nitrogens is 2. The van der Waals surface area contributed by atoms with Crippen molar-refractivity contribution >= 4 is 0 Å². The molecule has 2 aliphatic carbocycles. The number of aryl methyl sites for hydroxylation is 1. The molecule has 2 aliphatic rings. The molecule has 0 bridgehead atoms. The summed E-state index contributed by atoms with van der Waals surface area (Å²) in [5, 5.41) is 7.38. The van der Waals surface area contributed by atoms with Gasteiger partial charge in [-0.2, -0.15) is 4.98 Å². The summed E-state index contributed by atoms with van der Waals surface area (Å²) < 4.78 is 4.92. The monoisotopic (exact) mass is 193 g/mol. The van der Waals surface area contributed by atoms with Gasteiger partial charge in [0, 0.05) is 13.0 Å². The van der Waals surface area contributed by atoms with Crippen LogP contribution < -0.4 is 5.32 Å². The van der Waals surface area contributed by atoms with Crippen molar-refractivity contribution in [1.29, 1.82) is 0 Å². The third kappa shape index (κ3) is 1.43. The SMILES string of the molecule is Cc1nc(CNC2CCC3CC32)no1. The van der Waals surface area contributed by atoms with Crippen LogP contribution in [0, 0.1) is 18.8 Å². The predicted octanol–water partition coefficient (Wildman–Crippen LogP) is 1.27. The van der Waals surface area contributed by atoms with Gasteiger partial charge in [-0.3, -0.25) is 0 Å². The Bertz CT molecular complexity index is 336. The highest BCUT2D eigenvalue weighted by Gasteiger charge is 2.47. The summed E-state index contributed by atoms with van der Waals surface area (Å²) in [4.78, 5) is 4.17. The molecule has 0 spiro atoms. The van der Waals surface area contributed by atoms with Crippen molar-refractivity contribution in [2.45, 2.75) is 38.8 Å². The minimum atomic E-state index is 0.650. The van der Waals surface area contributed by atoms with Crippen LogP contribution in [-0.2, 0) is 6.54 Å². The second kappa shape index (κ2) is 3.05. The second-order valence-corrected chi connectivity index (χ2v) is 4.45. The average Bonchev–Trinajstić information content (AvgIpc) is 2.66. The van der Waals surface area contributed by atoms with Crippen molar-refractivity contribution in [3.05, 3.63) is 11.7 Å². The third-order valence-corrected chi connectivity index (χ3v) is 3.43. The average molecular weight is 193 g/mol. The molecule has 0 aliphatic heterocycles. The molecule has 2 fully saturated rings. The molecule has 3 rings (SSSR count). The van der Waals surface area contributed by atoms with Gasteiger partial charge >= 0.3 is 0 Å². The minimum Gasteiger partial charge on any atom is -0.340 e. The van der Waals surface area contributed by atoms with Gasteiger partial charge in [0.2, 0.25) is 5.89 Å². The molecule has 4 nitrogen and oxygen atoms in total. The third-order valence-electron chi connectivity index (χ3n) is 3.43. The van der Waals surface area contributed by atoms with E-state index in [1.807, 2.05) is 6.92 Å². The van der Waals surface area contributed by atoms with Crippen LogP contribution in [-0.4, -0.2) is 16.2 Å². The Hall–Kier alpha value is -0.900. The van der Waals surface area contributed by atoms with Crippen LogP contribution in [0.1, 0.15) is 31.0 Å². The van der Waals surface area contributed by atoms with Crippen LogP contribution in [0.4, 0.5) is 0 Å². The van der Waals surface area contributed by atoms with Crippen molar-refractivity contribution in [3.8, 4) is 0 Å². The van der Waals surface area contributed by atoms with E-state index in [2.05, 4.69) is 15.5 Å². The van der Waals surface area contributed by atoms with E-state index < -0.39 is 0 Å². The van der Waals surface area contributed by atoms with Gasteiger partial charge in [-0.25, -0.2) is 0 Å². The molecule has 3 unspecified atom stereocenters. The molecule has 0 aromatic carbocycles. The summed E-state index contributed by atoms with van der Waals surface area (Å²) >= 11 is 0. The standard InChI is InChI=1S/C10H15N3O/c1-6-12-10(13-14-6)5-11-9-3-2-7-4-8(7)9/h7-9,11H,2-5H2,1H3. The normalized spacial score (nSPS) is 34.5. The maximum absolute atomic E-state index is 4.92. The van der Waals surface area contributed by atoms with Gasteiger partial charge in [-0.1, -0.05) is 5.16 Å². The highest BCUT2D eigenvalue weighted by Crippen LogP contribution is 2.51. The summed E-state index contributed by atoms with van der Waals surface area (Å²) in [5.74, 6) is 3.41. The summed E-state index contributed by atoms with van der Waals surface area (Å²) in [7, 11) is 0. The van der Waals surface area contributed by atoms with Crippen LogP contribution in [0.3, 0.4) is 0 Å². The Kier molecular flexibility index (Phi) is 1.83. The van der Waals surface area contributed by atoms with Gasteiger partial charge < -0.3 is 9.84 Å². The van der Waals surface area contributed by atoms with Crippen LogP contribution in [0.5, 0.6) is 0 Å². The minimum absolute atomic E-state index is 0.650. The Morgan fingerprint density at radius 1 is 1.50 bits per heavy atom. The van der Waals surface area contributed by atoms with E-state index in [1.165, 1.54) is 19.3 Å². The van der Waals surface area contributed by atoms with E-state index in [0.717, 1.165) is 24.2 Å². The first-order valence-electron chi connectivity index (χ1n) is 5.35. The largest absolute Gasteiger partial charge is 0.340 e. The molecular weight excluding hydrogens is 178 g/mol. The van der Waals surface area contributed by atoms with E-state index in [1.54, 1.807) is 0 Å². The van der Waals surface area contributed by atoms with Crippen molar-refractivity contribution in [2.75, 3.05) is 0 Å². The van der Waals surface area contributed by atoms with Gasteiger partial charge in [0.25, 0.3) is 0 Å². The number of nitrogens with zero attached hydrogens (tertiary/aromatic N) is 2. The topological polar surface area (TPSA) is 51.0 Å². The van der Waals surface area contributed by atoms with E-state index in [9.17, 15) is 0 Å². The lowest BCUT2D eigenvalue weighted by atomic mass is 10.2. The molecule has 14 heavy (non-hydrogen) atoms. The van der Waals surface area contributed by atoms with Crippen LogP contribution >= 0.6 is 0 Å². The van der Waals surface area contributed by atoms with Gasteiger partial charge in [0.1, 0.15) is 0 Å². The molecule has 0 saturated heterocycles. The maximum Gasteiger partial charge on any atom is 0.223 e. The van der Waals surface area contributed by atoms with Crippen molar-refractivity contribution in [1.82, 2.24) is 15.5 Å². The van der Waals surface area contributed by atoms with Crippen LogP contribution in [0.25, 0.3) is 0 Å². The Balaban J connectivity index is 1.54. The Morgan fingerprint density at radius 3 is 3.00 bits per heavy atom. The van der Waals surface area contributed by atoms with Crippen LogP contribution in [0.15, 0.2) is 4.52 Å². The fourth-order valence-corrected chi connectivity index (χ4v) is 2.59. The molecule has 1 aromatic heterocycles. The number of nitrogens with one attached hydrogen (secondary N) is 1. The summed E-state index contributed by atoms with van der Waals surface area (Å²) in [6.45, 7) is 2.58. The van der Waals surface area contributed by atoms with E-state index in [4.69, 9.17) is 4.52 Å². The maximum atomic E-state index is 4.92. The molecule has 4 heteroatoms.